The van der Waals surface area contributed by atoms with Crippen molar-refractivity contribution in [3.05, 3.63) is 22.7 Å². The van der Waals surface area contributed by atoms with Crippen molar-refractivity contribution in [2.24, 2.45) is 0 Å². The molecular formula is C18H24ClN3O4. The van der Waals surface area contributed by atoms with E-state index in [2.05, 4.69) is 10.6 Å². The van der Waals surface area contributed by atoms with Crippen LogP contribution in [0.4, 0.5) is 10.5 Å². The van der Waals surface area contributed by atoms with Crippen molar-refractivity contribution < 1.29 is 19.1 Å². The average Bonchev–Trinajstić information content (AvgIpc) is 2.56. The summed E-state index contributed by atoms with van der Waals surface area (Å²) < 4.78 is 10.9. The number of hydrogen-bond acceptors (Lipinski definition) is 5. The van der Waals surface area contributed by atoms with Crippen LogP contribution in [0.1, 0.15) is 44.0 Å². The number of nitrogens with one attached hydrogen (secondary N) is 2. The molecule has 1 fully saturated rings. The molecule has 2 heterocycles. The van der Waals surface area contributed by atoms with Gasteiger partial charge in [-0.3, -0.25) is 4.79 Å². The van der Waals surface area contributed by atoms with Crippen molar-refractivity contribution >= 4 is 29.3 Å². The number of carbonyl (C=O) groups excluding carboxylic acids is 2. The zero-order chi connectivity index (χ0) is 18.9. The lowest BCUT2D eigenvalue weighted by molar-refractivity contribution is 0.0210. The number of nitrogens with zero attached hydrogens (tertiary/aromatic N) is 1. The summed E-state index contributed by atoms with van der Waals surface area (Å²) in [4.78, 5) is 25.7. The number of piperidine rings is 1. The zero-order valence-corrected chi connectivity index (χ0v) is 16.0. The van der Waals surface area contributed by atoms with Crippen molar-refractivity contribution in [2.75, 3.05) is 25.1 Å². The van der Waals surface area contributed by atoms with Gasteiger partial charge < -0.3 is 25.0 Å². The maximum Gasteiger partial charge on any atom is 0.410 e. The predicted molar refractivity (Wildman–Crippen MR) is 98.9 cm³/mol. The second-order valence-corrected chi connectivity index (χ2v) is 7.92. The van der Waals surface area contributed by atoms with E-state index in [1.165, 1.54) is 0 Å². The lowest BCUT2D eigenvalue weighted by atomic mass is 10.0. The molecule has 3 rings (SSSR count). The highest BCUT2D eigenvalue weighted by Gasteiger charge is 2.27. The van der Waals surface area contributed by atoms with E-state index in [0.29, 0.717) is 29.4 Å². The molecule has 1 saturated heterocycles. The van der Waals surface area contributed by atoms with E-state index in [1.807, 2.05) is 20.8 Å². The number of anilines is 1. The van der Waals surface area contributed by atoms with Crippen LogP contribution in [0.15, 0.2) is 12.1 Å². The molecule has 0 aliphatic carbocycles. The molecular weight excluding hydrogens is 358 g/mol. The van der Waals surface area contributed by atoms with Crippen molar-refractivity contribution in [2.45, 2.75) is 45.3 Å². The third-order valence-electron chi connectivity index (χ3n) is 4.28. The number of benzene rings is 1. The summed E-state index contributed by atoms with van der Waals surface area (Å²) >= 11 is 6.31. The first-order valence-electron chi connectivity index (χ1n) is 8.72. The van der Waals surface area contributed by atoms with Crippen LogP contribution in [0.25, 0.3) is 0 Å². The van der Waals surface area contributed by atoms with Crippen LogP contribution >= 0.6 is 11.6 Å². The van der Waals surface area contributed by atoms with Gasteiger partial charge in [-0.2, -0.15) is 0 Å². The van der Waals surface area contributed by atoms with Crippen molar-refractivity contribution in [1.82, 2.24) is 10.2 Å². The molecule has 26 heavy (non-hydrogen) atoms. The van der Waals surface area contributed by atoms with E-state index in [1.54, 1.807) is 17.0 Å². The summed E-state index contributed by atoms with van der Waals surface area (Å²) in [5.41, 5.74) is 0.678. The minimum Gasteiger partial charge on any atom is -0.472 e. The molecule has 0 saturated carbocycles. The maximum absolute atomic E-state index is 12.1. The van der Waals surface area contributed by atoms with Crippen molar-refractivity contribution in [3.8, 4) is 5.75 Å². The smallest absolute Gasteiger partial charge is 0.410 e. The van der Waals surface area contributed by atoms with Gasteiger partial charge in [-0.15, -0.1) is 0 Å². The summed E-state index contributed by atoms with van der Waals surface area (Å²) in [6.07, 6.45) is 1.30. The van der Waals surface area contributed by atoms with Crippen molar-refractivity contribution in [3.63, 3.8) is 0 Å². The number of amides is 2. The van der Waals surface area contributed by atoms with E-state index >= 15 is 0 Å². The number of rotatable bonds is 2. The molecule has 8 heteroatoms. The van der Waals surface area contributed by atoms with Crippen LogP contribution in [0.5, 0.6) is 5.75 Å². The minimum atomic E-state index is -0.491. The molecule has 2 aliphatic heterocycles. The second kappa shape index (κ2) is 7.23. The Morgan fingerprint density at radius 3 is 2.69 bits per heavy atom. The van der Waals surface area contributed by atoms with Crippen LogP contribution in [-0.4, -0.2) is 48.4 Å². The first-order chi connectivity index (χ1) is 12.2. The Kier molecular flexibility index (Phi) is 5.18. The highest BCUT2D eigenvalue weighted by molar-refractivity contribution is 6.33. The average molecular weight is 382 g/mol. The summed E-state index contributed by atoms with van der Waals surface area (Å²) in [7, 11) is 0. The first-order valence-corrected chi connectivity index (χ1v) is 9.10. The second-order valence-electron chi connectivity index (χ2n) is 7.51. The van der Waals surface area contributed by atoms with Gasteiger partial charge in [0.05, 0.1) is 16.3 Å². The predicted octanol–water partition coefficient (Wildman–Crippen LogP) is 3.23. The molecule has 2 N–H and O–H groups in total. The summed E-state index contributed by atoms with van der Waals surface area (Å²) in [5.74, 6) is 0.331. The fourth-order valence-corrected chi connectivity index (χ4v) is 3.21. The van der Waals surface area contributed by atoms with Gasteiger partial charge in [0.25, 0.3) is 5.91 Å². The van der Waals surface area contributed by atoms with Crippen LogP contribution in [-0.2, 0) is 4.74 Å². The Labute approximate surface area is 158 Å². The fourth-order valence-electron chi connectivity index (χ4n) is 2.99. The topological polar surface area (TPSA) is 79.9 Å². The van der Waals surface area contributed by atoms with Gasteiger partial charge in [0.1, 0.15) is 11.4 Å². The van der Waals surface area contributed by atoms with Gasteiger partial charge in [-0.25, -0.2) is 4.79 Å². The Bertz CT molecular complexity index is 709. The standard InChI is InChI=1S/C18H24ClN3O4/c1-18(2,3)26-17(24)22-6-4-11(5-7-22)21-14-9-15-12(8-13(14)19)16(23)20-10-25-15/h8-9,11,21H,4-7,10H2,1-3H3,(H,20,23). The van der Waals surface area contributed by atoms with Gasteiger partial charge in [0.15, 0.2) is 6.73 Å². The van der Waals surface area contributed by atoms with E-state index < -0.39 is 5.60 Å². The molecule has 1 aromatic rings. The molecule has 1 aromatic carbocycles. The maximum atomic E-state index is 12.1. The van der Waals surface area contributed by atoms with Gasteiger partial charge in [-0.1, -0.05) is 11.6 Å². The number of halogens is 1. The molecule has 0 radical (unpaired) electrons. The Hall–Kier alpha value is -2.15. The number of carbonyl (C=O) groups is 2. The molecule has 0 spiro atoms. The Morgan fingerprint density at radius 1 is 1.35 bits per heavy atom. The lowest BCUT2D eigenvalue weighted by Crippen LogP contribution is -2.44. The zero-order valence-electron chi connectivity index (χ0n) is 15.2. The van der Waals surface area contributed by atoms with Crippen molar-refractivity contribution in [1.29, 1.82) is 0 Å². The molecule has 7 nitrogen and oxygen atoms in total. The Balaban J connectivity index is 1.60. The normalized spacial score (nSPS) is 17.8. The third-order valence-corrected chi connectivity index (χ3v) is 4.59. The SMILES string of the molecule is CC(C)(C)OC(=O)N1CCC(Nc2cc3c(cc2Cl)C(=O)NCO3)CC1. The molecule has 2 aliphatic rings. The van der Waals surface area contributed by atoms with Crippen LogP contribution in [0.3, 0.4) is 0 Å². The van der Waals surface area contributed by atoms with Gasteiger partial charge >= 0.3 is 6.09 Å². The number of likely N-dealkylation sites (tertiary alicyclic amines) is 1. The fraction of sp³-hybridized carbons (Fsp3) is 0.556. The number of fused-ring (bicyclic) bond motifs is 1. The van der Waals surface area contributed by atoms with E-state index in [9.17, 15) is 9.59 Å². The van der Waals surface area contributed by atoms with Gasteiger partial charge in [0.2, 0.25) is 0 Å². The number of hydrogen-bond donors (Lipinski definition) is 2. The molecule has 2 amide bonds. The number of ether oxygens (including phenoxy) is 2. The molecule has 0 atom stereocenters. The summed E-state index contributed by atoms with van der Waals surface area (Å²) in [5, 5.41) is 6.48. The minimum absolute atomic E-state index is 0.154. The van der Waals surface area contributed by atoms with Crippen LogP contribution < -0.4 is 15.4 Å². The molecule has 0 aromatic heterocycles. The Morgan fingerprint density at radius 2 is 2.04 bits per heavy atom. The highest BCUT2D eigenvalue weighted by Crippen LogP contribution is 2.33. The van der Waals surface area contributed by atoms with Gasteiger partial charge in [0, 0.05) is 25.2 Å². The van der Waals surface area contributed by atoms with Gasteiger partial charge in [-0.05, 0) is 39.7 Å². The van der Waals surface area contributed by atoms with E-state index in [0.717, 1.165) is 18.5 Å². The third kappa shape index (κ3) is 4.33. The molecule has 142 valence electrons. The van der Waals surface area contributed by atoms with E-state index in [4.69, 9.17) is 21.1 Å². The lowest BCUT2D eigenvalue weighted by Gasteiger charge is -2.34. The highest BCUT2D eigenvalue weighted by atomic mass is 35.5. The van der Waals surface area contributed by atoms with E-state index in [-0.39, 0.29) is 24.8 Å². The first kappa shape index (κ1) is 18.6. The molecule has 0 unspecified atom stereocenters. The molecule has 0 bridgehead atoms. The van der Waals surface area contributed by atoms with Crippen LogP contribution in [0.2, 0.25) is 5.02 Å². The quantitative estimate of drug-likeness (QED) is 0.822. The summed E-state index contributed by atoms with van der Waals surface area (Å²) in [6.45, 7) is 6.97. The summed E-state index contributed by atoms with van der Waals surface area (Å²) in [6, 6.07) is 3.56. The largest absolute Gasteiger partial charge is 0.472 e. The monoisotopic (exact) mass is 381 g/mol. The van der Waals surface area contributed by atoms with Crippen LogP contribution in [0, 0.1) is 0 Å².